The molecule has 0 heterocycles. The van der Waals surface area contributed by atoms with Crippen LogP contribution >= 0.6 is 27.5 Å². The van der Waals surface area contributed by atoms with Gasteiger partial charge in [-0.3, -0.25) is 0 Å². The normalized spacial score (nSPS) is 11.0. The van der Waals surface area contributed by atoms with E-state index in [4.69, 9.17) is 16.3 Å². The summed E-state index contributed by atoms with van der Waals surface area (Å²) in [6, 6.07) is 12.4. The predicted octanol–water partition coefficient (Wildman–Crippen LogP) is 6.22. The van der Waals surface area contributed by atoms with E-state index in [1.807, 2.05) is 19.1 Å². The fourth-order valence-corrected chi connectivity index (χ4v) is 2.94. The first-order chi connectivity index (χ1) is 10.0. The van der Waals surface area contributed by atoms with Gasteiger partial charge in [0.25, 0.3) is 0 Å². The summed E-state index contributed by atoms with van der Waals surface area (Å²) in [4.78, 5) is 0. The molecular weight excluding hydrogens is 348 g/mol. The summed E-state index contributed by atoms with van der Waals surface area (Å²) < 4.78 is 6.77. The van der Waals surface area contributed by atoms with Gasteiger partial charge in [0.15, 0.2) is 0 Å². The van der Waals surface area contributed by atoms with Gasteiger partial charge < -0.3 is 4.74 Å². The average Bonchev–Trinajstić information content (AvgIpc) is 2.44. The summed E-state index contributed by atoms with van der Waals surface area (Å²) in [5.74, 6) is 1.42. The van der Waals surface area contributed by atoms with E-state index < -0.39 is 0 Å². The highest BCUT2D eigenvalue weighted by molar-refractivity contribution is 9.10. The molecule has 0 unspecified atom stereocenters. The van der Waals surface area contributed by atoms with Crippen LogP contribution in [0, 0.1) is 0 Å². The molecule has 3 heteroatoms. The van der Waals surface area contributed by atoms with Crippen LogP contribution < -0.4 is 4.74 Å². The van der Waals surface area contributed by atoms with E-state index >= 15 is 0 Å². The quantitative estimate of drug-likeness (QED) is 0.610. The molecular formula is C18H20BrClO. The van der Waals surface area contributed by atoms with Crippen LogP contribution in [-0.4, -0.2) is 6.61 Å². The van der Waals surface area contributed by atoms with Crippen molar-refractivity contribution in [2.45, 2.75) is 33.1 Å². The van der Waals surface area contributed by atoms with Gasteiger partial charge in [0.05, 0.1) is 6.61 Å². The SMILES string of the molecule is CCOc1ccc(Cc2cc(Br)ccc2Cl)cc1C(C)C. The van der Waals surface area contributed by atoms with Crippen molar-refractivity contribution in [1.82, 2.24) is 0 Å². The Bertz CT molecular complexity index is 623. The Morgan fingerprint density at radius 2 is 1.90 bits per heavy atom. The predicted molar refractivity (Wildman–Crippen MR) is 93.7 cm³/mol. The lowest BCUT2D eigenvalue weighted by atomic mass is 9.96. The zero-order valence-corrected chi connectivity index (χ0v) is 15.0. The molecule has 0 saturated carbocycles. The van der Waals surface area contributed by atoms with Gasteiger partial charge in [-0.05, 0) is 60.2 Å². The highest BCUT2D eigenvalue weighted by Crippen LogP contribution is 2.30. The van der Waals surface area contributed by atoms with E-state index in [9.17, 15) is 0 Å². The van der Waals surface area contributed by atoms with Gasteiger partial charge in [-0.25, -0.2) is 0 Å². The maximum atomic E-state index is 6.28. The van der Waals surface area contributed by atoms with Crippen LogP contribution in [0.1, 0.15) is 43.4 Å². The van der Waals surface area contributed by atoms with Crippen LogP contribution in [0.2, 0.25) is 5.02 Å². The number of halogens is 2. The third-order valence-corrected chi connectivity index (χ3v) is 4.26. The van der Waals surface area contributed by atoms with Gasteiger partial charge in [-0.15, -0.1) is 0 Å². The summed E-state index contributed by atoms with van der Waals surface area (Å²) in [6.07, 6.45) is 0.824. The third-order valence-electron chi connectivity index (χ3n) is 3.40. The van der Waals surface area contributed by atoms with E-state index in [0.717, 1.165) is 27.2 Å². The Hall–Kier alpha value is -0.990. The fraction of sp³-hybridized carbons (Fsp3) is 0.333. The fourth-order valence-electron chi connectivity index (χ4n) is 2.34. The molecule has 0 aliphatic rings. The largest absolute Gasteiger partial charge is 0.494 e. The molecule has 0 aliphatic carbocycles. The van der Waals surface area contributed by atoms with Crippen LogP contribution in [-0.2, 0) is 6.42 Å². The zero-order valence-electron chi connectivity index (χ0n) is 12.6. The van der Waals surface area contributed by atoms with Gasteiger partial charge in [0.2, 0.25) is 0 Å². The Kier molecular flexibility index (Phi) is 5.72. The number of rotatable bonds is 5. The molecule has 0 spiro atoms. The Balaban J connectivity index is 2.32. The maximum Gasteiger partial charge on any atom is 0.122 e. The molecule has 0 aliphatic heterocycles. The van der Waals surface area contributed by atoms with Crippen molar-refractivity contribution in [3.05, 3.63) is 62.6 Å². The standard InChI is InChI=1S/C18H20BrClO/c1-4-21-18-8-5-13(10-16(18)12(2)3)9-14-11-15(19)6-7-17(14)20/h5-8,10-12H,4,9H2,1-3H3. The topological polar surface area (TPSA) is 9.23 Å². The third kappa shape index (κ3) is 4.24. The molecule has 0 atom stereocenters. The molecule has 112 valence electrons. The molecule has 21 heavy (non-hydrogen) atoms. The van der Waals surface area contributed by atoms with Crippen molar-refractivity contribution in [2.24, 2.45) is 0 Å². The molecule has 0 aromatic heterocycles. The first-order valence-electron chi connectivity index (χ1n) is 7.20. The van der Waals surface area contributed by atoms with Crippen LogP contribution in [0.25, 0.3) is 0 Å². The van der Waals surface area contributed by atoms with Gasteiger partial charge in [0.1, 0.15) is 5.75 Å². The lowest BCUT2D eigenvalue weighted by Gasteiger charge is -2.15. The molecule has 2 rings (SSSR count). The molecule has 1 nitrogen and oxygen atoms in total. The van der Waals surface area contributed by atoms with Crippen molar-refractivity contribution in [2.75, 3.05) is 6.61 Å². The number of hydrogen-bond acceptors (Lipinski definition) is 1. The Morgan fingerprint density at radius 1 is 1.14 bits per heavy atom. The molecule has 2 aromatic rings. The van der Waals surface area contributed by atoms with E-state index in [0.29, 0.717) is 12.5 Å². The molecule has 0 fully saturated rings. The minimum Gasteiger partial charge on any atom is -0.494 e. The highest BCUT2D eigenvalue weighted by Gasteiger charge is 2.10. The second-order valence-electron chi connectivity index (χ2n) is 5.37. The zero-order chi connectivity index (χ0) is 15.4. The van der Waals surface area contributed by atoms with E-state index in [1.165, 1.54) is 11.1 Å². The minimum absolute atomic E-state index is 0.435. The van der Waals surface area contributed by atoms with Gasteiger partial charge in [-0.1, -0.05) is 53.5 Å². The van der Waals surface area contributed by atoms with Crippen molar-refractivity contribution in [1.29, 1.82) is 0 Å². The molecule has 0 saturated heterocycles. The highest BCUT2D eigenvalue weighted by atomic mass is 79.9. The van der Waals surface area contributed by atoms with E-state index in [2.05, 4.69) is 54.0 Å². The molecule has 2 aromatic carbocycles. The van der Waals surface area contributed by atoms with Gasteiger partial charge in [-0.2, -0.15) is 0 Å². The second-order valence-corrected chi connectivity index (χ2v) is 6.70. The number of ether oxygens (including phenoxy) is 1. The minimum atomic E-state index is 0.435. The second kappa shape index (κ2) is 7.33. The first kappa shape index (κ1) is 16.4. The smallest absolute Gasteiger partial charge is 0.122 e. The van der Waals surface area contributed by atoms with E-state index in [1.54, 1.807) is 0 Å². The molecule has 0 bridgehead atoms. The van der Waals surface area contributed by atoms with Crippen LogP contribution in [0.3, 0.4) is 0 Å². The number of benzene rings is 2. The first-order valence-corrected chi connectivity index (χ1v) is 8.38. The summed E-state index contributed by atoms with van der Waals surface area (Å²) in [6.45, 7) is 7.08. The lowest BCUT2D eigenvalue weighted by Crippen LogP contribution is -2.00. The van der Waals surface area contributed by atoms with Crippen LogP contribution in [0.5, 0.6) is 5.75 Å². The summed E-state index contributed by atoms with van der Waals surface area (Å²) in [7, 11) is 0. The van der Waals surface area contributed by atoms with Crippen molar-refractivity contribution in [3.8, 4) is 5.75 Å². The van der Waals surface area contributed by atoms with Gasteiger partial charge >= 0.3 is 0 Å². The number of hydrogen-bond donors (Lipinski definition) is 0. The summed E-state index contributed by atoms with van der Waals surface area (Å²) >= 11 is 9.78. The average molecular weight is 368 g/mol. The lowest BCUT2D eigenvalue weighted by molar-refractivity contribution is 0.335. The Morgan fingerprint density at radius 3 is 2.57 bits per heavy atom. The molecule has 0 amide bonds. The van der Waals surface area contributed by atoms with Crippen molar-refractivity contribution in [3.63, 3.8) is 0 Å². The van der Waals surface area contributed by atoms with Gasteiger partial charge in [0, 0.05) is 9.50 Å². The van der Waals surface area contributed by atoms with Crippen LogP contribution in [0.15, 0.2) is 40.9 Å². The van der Waals surface area contributed by atoms with E-state index in [-0.39, 0.29) is 0 Å². The maximum absolute atomic E-state index is 6.28. The van der Waals surface area contributed by atoms with Crippen molar-refractivity contribution < 1.29 is 4.74 Å². The molecule has 0 N–H and O–H groups in total. The summed E-state index contributed by atoms with van der Waals surface area (Å²) in [5, 5.41) is 0.804. The Labute approximate surface area is 140 Å². The van der Waals surface area contributed by atoms with Crippen molar-refractivity contribution >= 4 is 27.5 Å². The monoisotopic (exact) mass is 366 g/mol. The molecule has 0 radical (unpaired) electrons. The summed E-state index contributed by atoms with van der Waals surface area (Å²) in [5.41, 5.74) is 3.63. The van der Waals surface area contributed by atoms with Crippen LogP contribution in [0.4, 0.5) is 0 Å².